The Morgan fingerprint density at radius 3 is 3.20 bits per heavy atom. The minimum Gasteiger partial charge on any atom is -0.449 e. The highest BCUT2D eigenvalue weighted by atomic mass is 32.2. The van der Waals surface area contributed by atoms with Gasteiger partial charge in [-0.2, -0.15) is 0 Å². The van der Waals surface area contributed by atoms with Crippen molar-refractivity contribution in [1.29, 1.82) is 0 Å². The molecule has 0 N–H and O–H groups in total. The molecule has 2 aliphatic rings. The van der Waals surface area contributed by atoms with E-state index in [1.54, 1.807) is 13.1 Å². The van der Waals surface area contributed by atoms with Crippen LogP contribution in [0.15, 0.2) is 17.3 Å². The smallest absolute Gasteiger partial charge is 0.340 e. The number of rotatable bonds is 2. The summed E-state index contributed by atoms with van der Waals surface area (Å²) in [5.74, 6) is 5.68. The molecule has 0 spiro atoms. The summed E-state index contributed by atoms with van der Waals surface area (Å²) < 4.78 is 5.10. The summed E-state index contributed by atoms with van der Waals surface area (Å²) >= 11 is 1.88. The second-order valence-electron chi connectivity index (χ2n) is 5.17. The van der Waals surface area contributed by atoms with Gasteiger partial charge in [0.05, 0.1) is 10.6 Å². The maximum absolute atomic E-state index is 11.9. The SMILES string of the molecule is CC#CCOC(=O)c1cnc2c(c1)C1CCCCC1S2. The molecule has 0 amide bonds. The molecule has 1 aromatic rings. The lowest BCUT2D eigenvalue weighted by atomic mass is 9.84. The van der Waals surface area contributed by atoms with E-state index >= 15 is 0 Å². The maximum atomic E-state index is 11.9. The fourth-order valence-corrected chi connectivity index (χ4v) is 4.42. The van der Waals surface area contributed by atoms with E-state index in [9.17, 15) is 4.79 Å². The Kier molecular flexibility index (Phi) is 3.98. The highest BCUT2D eigenvalue weighted by Gasteiger charge is 2.36. The molecular weight excluding hydrogens is 270 g/mol. The van der Waals surface area contributed by atoms with Crippen molar-refractivity contribution < 1.29 is 9.53 Å². The van der Waals surface area contributed by atoms with Crippen molar-refractivity contribution in [2.45, 2.75) is 48.8 Å². The second kappa shape index (κ2) is 5.88. The number of hydrogen-bond acceptors (Lipinski definition) is 4. The fourth-order valence-electron chi connectivity index (χ4n) is 2.94. The molecule has 0 saturated heterocycles. The number of ether oxygens (including phenoxy) is 1. The number of esters is 1. The van der Waals surface area contributed by atoms with Gasteiger partial charge in [-0.15, -0.1) is 17.7 Å². The lowest BCUT2D eigenvalue weighted by molar-refractivity contribution is 0.0556. The number of hydrogen-bond donors (Lipinski definition) is 0. The molecule has 0 radical (unpaired) electrons. The average molecular weight is 287 g/mol. The quantitative estimate of drug-likeness (QED) is 0.617. The topological polar surface area (TPSA) is 39.2 Å². The average Bonchev–Trinajstić information content (AvgIpc) is 2.85. The Labute approximate surface area is 123 Å². The van der Waals surface area contributed by atoms with Crippen molar-refractivity contribution in [3.8, 4) is 11.8 Å². The van der Waals surface area contributed by atoms with Crippen LogP contribution in [0, 0.1) is 11.8 Å². The normalized spacial score (nSPS) is 23.2. The summed E-state index contributed by atoms with van der Waals surface area (Å²) in [5.41, 5.74) is 1.80. The molecule has 0 aromatic carbocycles. The summed E-state index contributed by atoms with van der Waals surface area (Å²) in [6.07, 6.45) is 6.70. The molecule has 2 atom stereocenters. The van der Waals surface area contributed by atoms with Crippen molar-refractivity contribution in [1.82, 2.24) is 4.98 Å². The first-order valence-corrected chi connectivity index (χ1v) is 7.91. The van der Waals surface area contributed by atoms with E-state index in [0.717, 1.165) is 5.03 Å². The van der Waals surface area contributed by atoms with E-state index in [1.165, 1.54) is 31.2 Å². The van der Waals surface area contributed by atoms with Gasteiger partial charge in [-0.1, -0.05) is 18.8 Å². The zero-order valence-corrected chi connectivity index (χ0v) is 12.3. The minimum atomic E-state index is -0.327. The molecule has 1 aliphatic carbocycles. The van der Waals surface area contributed by atoms with Gasteiger partial charge in [-0.25, -0.2) is 9.78 Å². The van der Waals surface area contributed by atoms with Gasteiger partial charge < -0.3 is 4.74 Å². The van der Waals surface area contributed by atoms with Crippen molar-refractivity contribution >= 4 is 17.7 Å². The summed E-state index contributed by atoms with van der Waals surface area (Å²) in [6.45, 7) is 1.87. The van der Waals surface area contributed by atoms with Crippen LogP contribution in [0.2, 0.25) is 0 Å². The Balaban J connectivity index is 1.79. The van der Waals surface area contributed by atoms with Crippen molar-refractivity contribution in [2.75, 3.05) is 6.61 Å². The standard InChI is InChI=1S/C16H17NO2S/c1-2-3-8-19-16(18)11-9-13-12-6-4-5-7-14(12)20-15(13)17-10-11/h9-10,12,14H,4-8H2,1H3. The zero-order valence-electron chi connectivity index (χ0n) is 11.5. The summed E-state index contributed by atoms with van der Waals surface area (Å²) in [7, 11) is 0. The molecule has 4 heteroatoms. The minimum absolute atomic E-state index is 0.146. The molecule has 104 valence electrons. The van der Waals surface area contributed by atoms with Crippen molar-refractivity contribution in [2.24, 2.45) is 0 Å². The van der Waals surface area contributed by atoms with Crippen LogP contribution in [0.1, 0.15) is 54.4 Å². The zero-order chi connectivity index (χ0) is 13.9. The highest BCUT2D eigenvalue weighted by molar-refractivity contribution is 8.00. The monoisotopic (exact) mass is 287 g/mol. The molecule has 3 nitrogen and oxygen atoms in total. The van der Waals surface area contributed by atoms with Crippen LogP contribution >= 0.6 is 11.8 Å². The van der Waals surface area contributed by atoms with E-state index in [2.05, 4.69) is 16.8 Å². The number of thioether (sulfide) groups is 1. The van der Waals surface area contributed by atoms with Gasteiger partial charge in [-0.05, 0) is 37.3 Å². The van der Waals surface area contributed by atoms with Gasteiger partial charge >= 0.3 is 5.97 Å². The molecule has 1 fully saturated rings. The third-order valence-electron chi connectivity index (χ3n) is 3.93. The third-order valence-corrected chi connectivity index (χ3v) is 5.36. The second-order valence-corrected chi connectivity index (χ2v) is 6.40. The number of fused-ring (bicyclic) bond motifs is 3. The van der Waals surface area contributed by atoms with Gasteiger partial charge in [-0.3, -0.25) is 0 Å². The lowest BCUT2D eigenvalue weighted by Gasteiger charge is -2.24. The van der Waals surface area contributed by atoms with Gasteiger partial charge in [0, 0.05) is 11.4 Å². The molecule has 2 heterocycles. The Morgan fingerprint density at radius 2 is 2.35 bits per heavy atom. The molecule has 1 saturated carbocycles. The number of carbonyl (C=O) groups excluding carboxylic acids is 1. The molecule has 20 heavy (non-hydrogen) atoms. The third kappa shape index (κ3) is 2.55. The van der Waals surface area contributed by atoms with Gasteiger partial charge in [0.2, 0.25) is 0 Å². The molecule has 3 rings (SSSR count). The van der Waals surface area contributed by atoms with Gasteiger partial charge in [0.25, 0.3) is 0 Å². The summed E-state index contributed by atoms with van der Waals surface area (Å²) in [6, 6.07) is 1.98. The fraction of sp³-hybridized carbons (Fsp3) is 0.500. The first kappa shape index (κ1) is 13.5. The van der Waals surface area contributed by atoms with E-state index in [0.29, 0.717) is 16.7 Å². The van der Waals surface area contributed by atoms with E-state index < -0.39 is 0 Å². The van der Waals surface area contributed by atoms with Crippen LogP contribution in [-0.4, -0.2) is 22.8 Å². The van der Waals surface area contributed by atoms with Crippen molar-refractivity contribution in [3.63, 3.8) is 0 Å². The molecular formula is C16H17NO2S. The van der Waals surface area contributed by atoms with Crippen LogP contribution in [0.3, 0.4) is 0 Å². The van der Waals surface area contributed by atoms with Crippen LogP contribution in [0.25, 0.3) is 0 Å². The summed E-state index contributed by atoms with van der Waals surface area (Å²) in [4.78, 5) is 16.4. The number of pyridine rings is 1. The van der Waals surface area contributed by atoms with E-state index in [-0.39, 0.29) is 12.6 Å². The Hall–Kier alpha value is -1.47. The van der Waals surface area contributed by atoms with E-state index in [1.807, 2.05) is 17.8 Å². The van der Waals surface area contributed by atoms with Crippen molar-refractivity contribution in [3.05, 3.63) is 23.4 Å². The van der Waals surface area contributed by atoms with Crippen LogP contribution < -0.4 is 0 Å². The largest absolute Gasteiger partial charge is 0.449 e. The van der Waals surface area contributed by atoms with E-state index in [4.69, 9.17) is 4.74 Å². The van der Waals surface area contributed by atoms with Gasteiger partial charge in [0.15, 0.2) is 6.61 Å². The summed E-state index contributed by atoms with van der Waals surface area (Å²) in [5, 5.41) is 1.76. The predicted octanol–water partition coefficient (Wildman–Crippen LogP) is 3.39. The molecule has 0 bridgehead atoms. The van der Waals surface area contributed by atoms with Crippen LogP contribution in [-0.2, 0) is 4.74 Å². The first-order chi connectivity index (χ1) is 9.79. The number of aromatic nitrogens is 1. The molecule has 1 aromatic heterocycles. The highest BCUT2D eigenvalue weighted by Crippen LogP contribution is 2.51. The van der Waals surface area contributed by atoms with Crippen LogP contribution in [0.5, 0.6) is 0 Å². The van der Waals surface area contributed by atoms with Gasteiger partial charge in [0.1, 0.15) is 0 Å². The van der Waals surface area contributed by atoms with Crippen LogP contribution in [0.4, 0.5) is 0 Å². The molecule has 2 unspecified atom stereocenters. The maximum Gasteiger partial charge on any atom is 0.340 e. The number of carbonyl (C=O) groups is 1. The molecule has 1 aliphatic heterocycles. The Bertz CT molecular complexity index is 588. The first-order valence-electron chi connectivity index (χ1n) is 7.03. The Morgan fingerprint density at radius 1 is 1.50 bits per heavy atom. The number of nitrogens with zero attached hydrogens (tertiary/aromatic N) is 1. The predicted molar refractivity (Wildman–Crippen MR) is 78.8 cm³/mol. The lowest BCUT2D eigenvalue weighted by Crippen LogP contribution is -2.15.